The lowest BCUT2D eigenvalue weighted by Crippen LogP contribution is -2.75. The van der Waals surface area contributed by atoms with Crippen LogP contribution in [0, 0.1) is 0 Å². The lowest BCUT2D eigenvalue weighted by atomic mass is 9.78. The average molecular weight is 306 g/mol. The molecule has 20 heavy (non-hydrogen) atoms. The summed E-state index contributed by atoms with van der Waals surface area (Å²) in [6.07, 6.45) is -4.55. The molecule has 1 rings (SSSR count). The van der Waals surface area contributed by atoms with Crippen LogP contribution in [0.15, 0.2) is 0 Å². The first-order valence-electron chi connectivity index (χ1n) is 5.98. The maximum absolute atomic E-state index is 12.0. The van der Waals surface area contributed by atoms with Crippen molar-refractivity contribution >= 4 is 28.4 Å². The molecule has 1 saturated heterocycles. The molecule has 5 atom stereocenters. The lowest BCUT2D eigenvalue weighted by Gasteiger charge is -2.52. The Kier molecular flexibility index (Phi) is 4.77. The van der Waals surface area contributed by atoms with Crippen LogP contribution in [0.3, 0.4) is 0 Å². The third-order valence-corrected chi connectivity index (χ3v) is 4.64. The quantitative estimate of drug-likeness (QED) is 0.608. The number of Topliss-reactive ketones (excluding diaryl/α,β-unsaturated/α-hetero) is 2. The molecule has 0 bridgehead atoms. The van der Waals surface area contributed by atoms with E-state index >= 15 is 0 Å². The summed E-state index contributed by atoms with van der Waals surface area (Å²) in [6, 6.07) is 0. The van der Waals surface area contributed by atoms with Crippen molar-refractivity contribution in [2.45, 2.75) is 56.5 Å². The van der Waals surface area contributed by atoms with Crippen LogP contribution in [-0.4, -0.2) is 60.8 Å². The Hall–Kier alpha value is -0.800. The van der Waals surface area contributed by atoms with E-state index in [1.165, 1.54) is 6.92 Å². The van der Waals surface area contributed by atoms with Gasteiger partial charge < -0.3 is 20.1 Å². The van der Waals surface area contributed by atoms with Gasteiger partial charge in [0, 0.05) is 6.92 Å². The Labute approximate surface area is 120 Å². The van der Waals surface area contributed by atoms with Crippen LogP contribution in [-0.2, 0) is 19.1 Å². The molecule has 0 aliphatic carbocycles. The highest BCUT2D eigenvalue weighted by Crippen LogP contribution is 2.47. The molecule has 1 heterocycles. The van der Waals surface area contributed by atoms with Crippen LogP contribution in [0.5, 0.6) is 0 Å². The van der Waals surface area contributed by atoms with Crippen molar-refractivity contribution in [3.8, 4) is 0 Å². The van der Waals surface area contributed by atoms with E-state index < -0.39 is 45.5 Å². The highest BCUT2D eigenvalue weighted by Gasteiger charge is 2.69. The van der Waals surface area contributed by atoms with Crippen molar-refractivity contribution < 1.29 is 34.4 Å². The fourth-order valence-electron chi connectivity index (χ4n) is 2.29. The van der Waals surface area contributed by atoms with Crippen LogP contribution < -0.4 is 0 Å². The monoisotopic (exact) mass is 306 g/mol. The number of ketones is 2. The zero-order valence-electron chi connectivity index (χ0n) is 11.6. The molecule has 0 spiro atoms. The number of aliphatic hydroxyl groups is 3. The molecule has 1 aliphatic heterocycles. The molecule has 0 aromatic rings. The van der Waals surface area contributed by atoms with Crippen LogP contribution in [0.1, 0.15) is 27.7 Å². The Balaban J connectivity index is 3.53. The van der Waals surface area contributed by atoms with E-state index in [9.17, 15) is 29.7 Å². The number of aliphatic hydroxyl groups excluding tert-OH is 2. The van der Waals surface area contributed by atoms with E-state index in [2.05, 4.69) is 0 Å². The van der Waals surface area contributed by atoms with Gasteiger partial charge in [0.05, 0.1) is 6.10 Å². The Morgan fingerprint density at radius 2 is 1.60 bits per heavy atom. The van der Waals surface area contributed by atoms with E-state index in [-0.39, 0.29) is 0 Å². The van der Waals surface area contributed by atoms with E-state index in [1.807, 2.05) is 0 Å². The first-order chi connectivity index (χ1) is 9.00. The van der Waals surface area contributed by atoms with Gasteiger partial charge >= 0.3 is 0 Å². The summed E-state index contributed by atoms with van der Waals surface area (Å²) in [5.74, 6) is -1.77. The summed E-state index contributed by atoms with van der Waals surface area (Å²) >= 11 is 0.323. The second-order valence-electron chi connectivity index (χ2n) is 4.85. The predicted molar refractivity (Wildman–Crippen MR) is 69.9 cm³/mol. The zero-order valence-corrected chi connectivity index (χ0v) is 12.4. The first kappa shape index (κ1) is 17.3. The summed E-state index contributed by atoms with van der Waals surface area (Å²) in [4.78, 5) is 32.9. The molecule has 7 nitrogen and oxygen atoms in total. The maximum Gasteiger partial charge on any atom is 0.217 e. The van der Waals surface area contributed by atoms with Gasteiger partial charge in [-0.3, -0.25) is 14.4 Å². The maximum atomic E-state index is 12.0. The fraction of sp³-hybridized carbons (Fsp3) is 0.750. The summed E-state index contributed by atoms with van der Waals surface area (Å²) in [6.45, 7) is 4.50. The molecule has 0 amide bonds. The first-order valence-corrected chi connectivity index (χ1v) is 6.80. The molecule has 8 heteroatoms. The van der Waals surface area contributed by atoms with Crippen molar-refractivity contribution in [3.63, 3.8) is 0 Å². The number of hydrogen-bond acceptors (Lipinski definition) is 8. The van der Waals surface area contributed by atoms with Crippen molar-refractivity contribution in [3.05, 3.63) is 0 Å². The summed E-state index contributed by atoms with van der Waals surface area (Å²) in [5.41, 5.74) is -2.71. The zero-order chi connectivity index (χ0) is 15.9. The number of carbonyl (C=O) groups excluding carboxylic acids is 3. The minimum Gasteiger partial charge on any atom is -0.388 e. The second-order valence-corrected chi connectivity index (χ2v) is 6.20. The summed E-state index contributed by atoms with van der Waals surface area (Å²) < 4.78 is 5.32. The topological polar surface area (TPSA) is 121 Å². The summed E-state index contributed by atoms with van der Waals surface area (Å²) in [5, 5.41) is 29.8. The molecule has 3 N–H and O–H groups in total. The van der Waals surface area contributed by atoms with Crippen molar-refractivity contribution in [1.29, 1.82) is 0 Å². The number of rotatable bonds is 3. The largest absolute Gasteiger partial charge is 0.388 e. The third-order valence-electron chi connectivity index (χ3n) is 3.37. The van der Waals surface area contributed by atoms with Gasteiger partial charge in [0.15, 0.2) is 22.3 Å². The van der Waals surface area contributed by atoms with Gasteiger partial charge in [0.25, 0.3) is 0 Å². The minimum atomic E-state index is -2.71. The van der Waals surface area contributed by atoms with E-state index in [0.717, 1.165) is 20.8 Å². The SMILES string of the molecule is CC(=O)SC1(C(C)=O)O[C@H](C)[C@H](O)[C@H](O)[C@]1(O)C(C)=O. The Bertz CT molecular complexity index is 451. The van der Waals surface area contributed by atoms with E-state index in [4.69, 9.17) is 4.74 Å². The van der Waals surface area contributed by atoms with Crippen molar-refractivity contribution in [2.75, 3.05) is 0 Å². The highest BCUT2D eigenvalue weighted by atomic mass is 32.2. The smallest absolute Gasteiger partial charge is 0.217 e. The van der Waals surface area contributed by atoms with Crippen LogP contribution >= 0.6 is 11.8 Å². The van der Waals surface area contributed by atoms with Gasteiger partial charge in [-0.05, 0) is 32.5 Å². The normalized spacial score (nSPS) is 41.2. The van der Waals surface area contributed by atoms with Gasteiger partial charge in [0.2, 0.25) is 4.93 Å². The fourth-order valence-corrected chi connectivity index (χ4v) is 3.46. The van der Waals surface area contributed by atoms with Gasteiger partial charge in [-0.15, -0.1) is 0 Å². The van der Waals surface area contributed by atoms with Crippen LogP contribution in [0.2, 0.25) is 0 Å². The molecule has 1 unspecified atom stereocenters. The van der Waals surface area contributed by atoms with Crippen molar-refractivity contribution in [1.82, 2.24) is 0 Å². The minimum absolute atomic E-state index is 0.323. The molecule has 0 aromatic carbocycles. The predicted octanol–water partition coefficient (Wildman–Crippen LogP) is -0.988. The van der Waals surface area contributed by atoms with Gasteiger partial charge in [0.1, 0.15) is 12.2 Å². The van der Waals surface area contributed by atoms with Crippen molar-refractivity contribution in [2.24, 2.45) is 0 Å². The van der Waals surface area contributed by atoms with E-state index in [0.29, 0.717) is 11.8 Å². The molecule has 0 saturated carbocycles. The lowest BCUT2D eigenvalue weighted by molar-refractivity contribution is -0.261. The van der Waals surface area contributed by atoms with Gasteiger partial charge in [-0.1, -0.05) is 0 Å². The molecule has 1 fully saturated rings. The van der Waals surface area contributed by atoms with Crippen LogP contribution in [0.4, 0.5) is 0 Å². The number of ether oxygens (including phenoxy) is 1. The Morgan fingerprint density at radius 3 is 1.95 bits per heavy atom. The average Bonchev–Trinajstić information content (AvgIpc) is 2.32. The molecule has 0 radical (unpaired) electrons. The Morgan fingerprint density at radius 1 is 1.10 bits per heavy atom. The molecule has 114 valence electrons. The van der Waals surface area contributed by atoms with Gasteiger partial charge in [-0.2, -0.15) is 0 Å². The second kappa shape index (κ2) is 5.53. The van der Waals surface area contributed by atoms with Crippen LogP contribution in [0.25, 0.3) is 0 Å². The molecule has 1 aliphatic rings. The number of hydrogen-bond donors (Lipinski definition) is 3. The number of thioether (sulfide) groups is 1. The molecule has 0 aromatic heterocycles. The standard InChI is InChI=1S/C12H18O7S/c1-5-9(16)10(17)11(18,6(2)13)12(19-5,7(3)14)20-8(4)15/h5,9-10,16-18H,1-4H3/t5-,9+,10+,11-,12?/m1/s1. The van der Waals surface area contributed by atoms with E-state index in [1.54, 1.807) is 0 Å². The molecular formula is C12H18O7S. The molecular weight excluding hydrogens is 288 g/mol. The summed E-state index contributed by atoms with van der Waals surface area (Å²) in [7, 11) is 0. The van der Waals surface area contributed by atoms with Gasteiger partial charge in [-0.25, -0.2) is 0 Å². The third kappa shape index (κ3) is 2.31. The highest BCUT2D eigenvalue weighted by molar-refractivity contribution is 8.15. The number of carbonyl (C=O) groups is 3.